The number of nitrogens with zero attached hydrogens (tertiary/aromatic N) is 6. The highest BCUT2D eigenvalue weighted by Gasteiger charge is 2.39. The van der Waals surface area contributed by atoms with Crippen molar-refractivity contribution in [2.75, 3.05) is 0 Å². The van der Waals surface area contributed by atoms with Gasteiger partial charge in [0.05, 0.1) is 34.7 Å². The summed E-state index contributed by atoms with van der Waals surface area (Å²) in [5.41, 5.74) is 6.23. The minimum absolute atomic E-state index is 0.300. The molecule has 8 nitrogen and oxygen atoms in total. The van der Waals surface area contributed by atoms with E-state index in [-0.39, 0.29) is 5.92 Å². The van der Waals surface area contributed by atoms with Gasteiger partial charge in [-0.1, -0.05) is 42.5 Å². The third-order valence-electron chi connectivity index (χ3n) is 6.43. The van der Waals surface area contributed by atoms with E-state index in [9.17, 15) is 0 Å². The molecule has 1 atom stereocenters. The van der Waals surface area contributed by atoms with E-state index in [1.54, 1.807) is 17.1 Å². The Morgan fingerprint density at radius 1 is 0.857 bits per heavy atom. The highest BCUT2D eigenvalue weighted by molar-refractivity contribution is 5.69. The van der Waals surface area contributed by atoms with Crippen molar-refractivity contribution in [3.63, 3.8) is 0 Å². The van der Waals surface area contributed by atoms with Gasteiger partial charge in [0.15, 0.2) is 11.5 Å². The Hall–Kier alpha value is -4.72. The molecule has 0 radical (unpaired) electrons. The van der Waals surface area contributed by atoms with E-state index >= 15 is 0 Å². The highest BCUT2D eigenvalue weighted by atomic mass is 16.5. The lowest BCUT2D eigenvalue weighted by Crippen LogP contribution is -2.15. The van der Waals surface area contributed by atoms with Crippen molar-refractivity contribution in [3.05, 3.63) is 107 Å². The highest BCUT2D eigenvalue weighted by Crippen LogP contribution is 2.49. The van der Waals surface area contributed by atoms with Crippen LogP contribution >= 0.6 is 0 Å². The molecule has 5 heterocycles. The fourth-order valence-electron chi connectivity index (χ4n) is 4.80. The average molecular weight is 460 g/mol. The second kappa shape index (κ2) is 7.39. The first-order valence-electron chi connectivity index (χ1n) is 11.4. The molecule has 7 rings (SSSR count). The van der Waals surface area contributed by atoms with E-state index in [2.05, 4.69) is 18.0 Å². The molecule has 0 saturated heterocycles. The Labute approximate surface area is 200 Å². The summed E-state index contributed by atoms with van der Waals surface area (Å²) in [7, 11) is 0. The first-order valence-corrected chi connectivity index (χ1v) is 11.4. The van der Waals surface area contributed by atoms with E-state index in [1.807, 2.05) is 72.3 Å². The van der Waals surface area contributed by atoms with Crippen LogP contribution in [0.5, 0.6) is 11.8 Å². The number of hydrogen-bond donors (Lipinski definition) is 0. The number of hydrogen-bond acceptors (Lipinski definition) is 6. The number of fused-ring (bicyclic) bond motifs is 4. The fraction of sp³-hybridized carbons (Fsp3) is 0.111. The molecule has 4 aromatic heterocycles. The van der Waals surface area contributed by atoms with E-state index in [0.29, 0.717) is 23.2 Å². The third-order valence-corrected chi connectivity index (χ3v) is 6.43. The van der Waals surface area contributed by atoms with E-state index in [1.165, 1.54) is 0 Å². The molecular formula is C27H20N6O2. The summed E-state index contributed by atoms with van der Waals surface area (Å²) in [5, 5.41) is 9.56. The molecule has 1 aliphatic rings. The molecule has 6 aromatic rings. The minimum atomic E-state index is -0.300. The zero-order valence-electron chi connectivity index (χ0n) is 19.1. The van der Waals surface area contributed by atoms with E-state index in [0.717, 1.165) is 39.4 Å². The predicted molar refractivity (Wildman–Crippen MR) is 129 cm³/mol. The molecular weight excluding hydrogens is 440 g/mol. The molecule has 0 N–H and O–H groups in total. The van der Waals surface area contributed by atoms with Crippen LogP contribution in [0.3, 0.4) is 0 Å². The van der Waals surface area contributed by atoms with Gasteiger partial charge >= 0.3 is 0 Å². The van der Waals surface area contributed by atoms with Gasteiger partial charge in [-0.05, 0) is 43.7 Å². The van der Waals surface area contributed by atoms with Gasteiger partial charge in [0, 0.05) is 5.56 Å². The van der Waals surface area contributed by atoms with Gasteiger partial charge in [-0.15, -0.1) is 5.10 Å². The van der Waals surface area contributed by atoms with Gasteiger partial charge in [-0.25, -0.2) is 19.2 Å². The van der Waals surface area contributed by atoms with Crippen molar-refractivity contribution in [1.82, 2.24) is 29.4 Å². The fourth-order valence-corrected chi connectivity index (χ4v) is 4.80. The maximum Gasteiger partial charge on any atom is 0.230 e. The Balaban J connectivity index is 1.49. The summed E-state index contributed by atoms with van der Waals surface area (Å²) >= 11 is 0. The molecule has 0 saturated carbocycles. The number of benzene rings is 2. The molecule has 0 spiro atoms. The van der Waals surface area contributed by atoms with E-state index in [4.69, 9.17) is 24.3 Å². The average Bonchev–Trinajstić information content (AvgIpc) is 3.63. The summed E-state index contributed by atoms with van der Waals surface area (Å²) < 4.78 is 15.9. The molecule has 0 bridgehead atoms. The Kier molecular flexibility index (Phi) is 4.17. The summed E-state index contributed by atoms with van der Waals surface area (Å²) in [6.07, 6.45) is 3.32. The van der Waals surface area contributed by atoms with Crippen molar-refractivity contribution in [3.8, 4) is 28.8 Å². The lowest BCUT2D eigenvalue weighted by molar-refractivity contribution is 0.392. The van der Waals surface area contributed by atoms with E-state index < -0.39 is 0 Å². The monoisotopic (exact) mass is 460 g/mol. The first-order chi connectivity index (χ1) is 17.2. The first kappa shape index (κ1) is 19.7. The SMILES string of the molecule is Cc1ccccc1-c1nc2c3c(ncn2n1)Oc1c(c(C)nn1-c1ccccc1)C3c1ccco1. The van der Waals surface area contributed by atoms with Crippen molar-refractivity contribution in [1.29, 1.82) is 0 Å². The van der Waals surface area contributed by atoms with Crippen molar-refractivity contribution < 1.29 is 9.15 Å². The molecule has 0 amide bonds. The van der Waals surface area contributed by atoms with Crippen LogP contribution in [0.1, 0.15) is 34.1 Å². The minimum Gasteiger partial charge on any atom is -0.468 e. The van der Waals surface area contributed by atoms with Crippen LogP contribution in [-0.4, -0.2) is 29.4 Å². The lowest BCUT2D eigenvalue weighted by atomic mass is 9.88. The number of rotatable bonds is 3. The molecule has 0 aliphatic carbocycles. The maximum atomic E-state index is 6.43. The summed E-state index contributed by atoms with van der Waals surface area (Å²) in [6.45, 7) is 4.04. The topological polar surface area (TPSA) is 83.3 Å². The number of furan rings is 1. The molecule has 0 fully saturated rings. The van der Waals surface area contributed by atoms with Gasteiger partial charge in [0.2, 0.25) is 11.8 Å². The zero-order valence-corrected chi connectivity index (χ0v) is 19.1. The Morgan fingerprint density at radius 2 is 1.69 bits per heavy atom. The number of para-hydroxylation sites is 1. The summed E-state index contributed by atoms with van der Waals surface area (Å²) in [5.74, 6) is 2.19. The van der Waals surface area contributed by atoms with Gasteiger partial charge < -0.3 is 9.15 Å². The van der Waals surface area contributed by atoms with Gasteiger partial charge in [0.1, 0.15) is 12.1 Å². The molecule has 8 heteroatoms. The quantitative estimate of drug-likeness (QED) is 0.348. The number of aromatic nitrogens is 6. The molecule has 2 aromatic carbocycles. The molecule has 1 aliphatic heterocycles. The predicted octanol–water partition coefficient (Wildman–Crippen LogP) is 5.47. The van der Waals surface area contributed by atoms with Crippen LogP contribution < -0.4 is 4.74 Å². The third kappa shape index (κ3) is 2.93. The second-order valence-corrected chi connectivity index (χ2v) is 8.58. The largest absolute Gasteiger partial charge is 0.468 e. The second-order valence-electron chi connectivity index (χ2n) is 8.58. The number of ether oxygens (including phenoxy) is 1. The van der Waals surface area contributed by atoms with Crippen LogP contribution in [0.25, 0.3) is 22.7 Å². The number of aryl methyl sites for hydroxylation is 2. The van der Waals surface area contributed by atoms with Crippen LogP contribution in [-0.2, 0) is 0 Å². The summed E-state index contributed by atoms with van der Waals surface area (Å²) in [6, 6.07) is 21.8. The lowest BCUT2D eigenvalue weighted by Gasteiger charge is -2.24. The van der Waals surface area contributed by atoms with Crippen molar-refractivity contribution >= 4 is 5.65 Å². The summed E-state index contributed by atoms with van der Waals surface area (Å²) in [4.78, 5) is 9.58. The smallest absolute Gasteiger partial charge is 0.230 e. The van der Waals surface area contributed by atoms with Crippen LogP contribution in [0.4, 0.5) is 0 Å². The van der Waals surface area contributed by atoms with Crippen LogP contribution in [0, 0.1) is 13.8 Å². The van der Waals surface area contributed by atoms with Gasteiger partial charge in [-0.3, -0.25) is 0 Å². The zero-order chi connectivity index (χ0) is 23.5. The molecule has 1 unspecified atom stereocenters. The Bertz CT molecular complexity index is 1700. The normalized spacial score (nSPS) is 14.5. The van der Waals surface area contributed by atoms with Gasteiger partial charge in [0.25, 0.3) is 0 Å². The van der Waals surface area contributed by atoms with Crippen LogP contribution in [0.15, 0.2) is 83.7 Å². The van der Waals surface area contributed by atoms with Gasteiger partial charge in [-0.2, -0.15) is 5.10 Å². The molecule has 170 valence electrons. The standard InChI is InChI=1S/C27H20N6O2/c1-16-9-6-7-12-19(16)24-29-25-23-22(20-13-8-14-34-20)21-17(2)30-33(18-10-4-3-5-11-18)27(21)35-26(23)28-15-32(25)31-24/h3-15,22H,1-2H3. The maximum absolute atomic E-state index is 6.43. The van der Waals surface area contributed by atoms with Crippen LogP contribution in [0.2, 0.25) is 0 Å². The van der Waals surface area contributed by atoms with Crippen molar-refractivity contribution in [2.24, 2.45) is 0 Å². The van der Waals surface area contributed by atoms with Crippen molar-refractivity contribution in [2.45, 2.75) is 19.8 Å². The Morgan fingerprint density at radius 3 is 2.49 bits per heavy atom. The molecule has 35 heavy (non-hydrogen) atoms.